The van der Waals surface area contributed by atoms with E-state index in [2.05, 4.69) is 121 Å². The van der Waals surface area contributed by atoms with Crippen LogP contribution < -0.4 is 15.9 Å². The van der Waals surface area contributed by atoms with Crippen LogP contribution in [0.15, 0.2) is 152 Å². The Morgan fingerprint density at radius 3 is 1.23 bits per heavy atom. The zero-order valence-electron chi connectivity index (χ0n) is 21.7. The van der Waals surface area contributed by atoms with Gasteiger partial charge in [0.25, 0.3) is 0 Å². The minimum absolute atomic E-state index is 0.913. The summed E-state index contributed by atoms with van der Waals surface area (Å²) < 4.78 is 0. The molecule has 2 aromatic heterocycles. The standard InChI is InChI=1S/C36H25N2PS/c40-39(30-12-6-2-7-13-30,31-14-8-3-9-15-31)32-22-18-27(19-23-32)34-25-21-29-17-16-28-20-24-33(26-10-4-1-5-11-26)37-35(28)36(29)38-34/h1-25H. The lowest BCUT2D eigenvalue weighted by atomic mass is 10.1. The monoisotopic (exact) mass is 548 g/mol. The van der Waals surface area contributed by atoms with Gasteiger partial charge < -0.3 is 0 Å². The predicted molar refractivity (Wildman–Crippen MR) is 174 cm³/mol. The van der Waals surface area contributed by atoms with E-state index in [9.17, 15) is 0 Å². The third-order valence-electron chi connectivity index (χ3n) is 7.36. The second-order valence-electron chi connectivity index (χ2n) is 9.80. The van der Waals surface area contributed by atoms with Crippen LogP contribution in [-0.4, -0.2) is 9.97 Å². The van der Waals surface area contributed by atoms with Gasteiger partial charge in [-0.3, -0.25) is 0 Å². The molecule has 0 bridgehead atoms. The van der Waals surface area contributed by atoms with E-state index >= 15 is 0 Å². The largest absolute Gasteiger partial charge is 0.245 e. The number of benzene rings is 5. The summed E-state index contributed by atoms with van der Waals surface area (Å²) in [5.41, 5.74) is 5.86. The van der Waals surface area contributed by atoms with Gasteiger partial charge in [-0.15, -0.1) is 0 Å². The van der Waals surface area contributed by atoms with Gasteiger partial charge in [0.1, 0.15) is 0 Å². The van der Waals surface area contributed by atoms with Crippen molar-refractivity contribution in [2.24, 2.45) is 0 Å². The highest BCUT2D eigenvalue weighted by Crippen LogP contribution is 2.43. The topological polar surface area (TPSA) is 25.8 Å². The van der Waals surface area contributed by atoms with Crippen LogP contribution in [-0.2, 0) is 11.8 Å². The van der Waals surface area contributed by atoms with E-state index in [4.69, 9.17) is 21.8 Å². The van der Waals surface area contributed by atoms with E-state index in [1.165, 1.54) is 15.9 Å². The third-order valence-corrected chi connectivity index (χ3v) is 12.3. The van der Waals surface area contributed by atoms with Gasteiger partial charge in [0.05, 0.1) is 22.4 Å². The molecule has 40 heavy (non-hydrogen) atoms. The molecule has 0 radical (unpaired) electrons. The van der Waals surface area contributed by atoms with Crippen molar-refractivity contribution in [3.63, 3.8) is 0 Å². The van der Waals surface area contributed by atoms with Crippen LogP contribution in [0, 0.1) is 0 Å². The van der Waals surface area contributed by atoms with E-state index < -0.39 is 6.04 Å². The van der Waals surface area contributed by atoms with Gasteiger partial charge in [0, 0.05) is 27.9 Å². The average molecular weight is 549 g/mol. The van der Waals surface area contributed by atoms with Crippen molar-refractivity contribution in [1.29, 1.82) is 0 Å². The Morgan fingerprint density at radius 2 is 0.750 bits per heavy atom. The normalized spacial score (nSPS) is 11.6. The molecule has 7 rings (SSSR count). The Bertz CT molecular complexity index is 1960. The van der Waals surface area contributed by atoms with Crippen LogP contribution in [0.5, 0.6) is 0 Å². The Morgan fingerprint density at radius 1 is 0.375 bits per heavy atom. The molecule has 0 amide bonds. The van der Waals surface area contributed by atoms with Crippen LogP contribution in [0.1, 0.15) is 0 Å². The average Bonchev–Trinajstić information content (AvgIpc) is 3.05. The Kier molecular flexibility index (Phi) is 6.32. The van der Waals surface area contributed by atoms with Crippen LogP contribution >= 0.6 is 6.04 Å². The Balaban J connectivity index is 1.33. The van der Waals surface area contributed by atoms with Gasteiger partial charge in [0.15, 0.2) is 0 Å². The van der Waals surface area contributed by atoms with Crippen molar-refractivity contribution < 1.29 is 0 Å². The molecule has 7 aromatic rings. The van der Waals surface area contributed by atoms with Crippen LogP contribution in [0.3, 0.4) is 0 Å². The second kappa shape index (κ2) is 10.3. The predicted octanol–water partition coefficient (Wildman–Crippen LogP) is 7.87. The Hall–Kier alpha value is -4.43. The first-order valence-corrected chi connectivity index (χ1v) is 16.1. The Labute approximate surface area is 239 Å². The summed E-state index contributed by atoms with van der Waals surface area (Å²) in [5.74, 6) is 0. The summed E-state index contributed by atoms with van der Waals surface area (Å²) in [6.45, 7) is 0. The van der Waals surface area contributed by atoms with Crippen LogP contribution in [0.25, 0.3) is 44.3 Å². The first kappa shape index (κ1) is 24.6. The van der Waals surface area contributed by atoms with E-state index in [0.29, 0.717) is 0 Å². The highest BCUT2D eigenvalue weighted by Gasteiger charge is 2.24. The van der Waals surface area contributed by atoms with Crippen molar-refractivity contribution in [1.82, 2.24) is 9.97 Å². The summed E-state index contributed by atoms with van der Waals surface area (Å²) >= 11 is 6.52. The molecular formula is C36H25N2PS. The maximum absolute atomic E-state index is 6.52. The molecule has 0 aliphatic rings. The quantitative estimate of drug-likeness (QED) is 0.162. The van der Waals surface area contributed by atoms with E-state index in [1.54, 1.807) is 0 Å². The number of pyridine rings is 2. The molecule has 5 aromatic carbocycles. The van der Waals surface area contributed by atoms with E-state index in [-0.39, 0.29) is 0 Å². The first-order chi connectivity index (χ1) is 19.7. The SMILES string of the molecule is S=P(c1ccccc1)(c1ccccc1)c1ccc(-c2ccc3ccc4ccc(-c5ccccc5)nc4c3n2)cc1. The van der Waals surface area contributed by atoms with Gasteiger partial charge in [0.2, 0.25) is 0 Å². The molecule has 2 heterocycles. The summed E-state index contributed by atoms with van der Waals surface area (Å²) in [6, 6.07) is 50.5. The lowest BCUT2D eigenvalue weighted by Crippen LogP contribution is -2.24. The molecule has 0 aliphatic heterocycles. The first-order valence-electron chi connectivity index (χ1n) is 13.3. The molecule has 0 spiro atoms. The highest BCUT2D eigenvalue weighted by molar-refractivity contribution is 8.25. The fraction of sp³-hybridized carbons (Fsp3) is 0. The highest BCUT2D eigenvalue weighted by atomic mass is 32.4. The minimum Gasteiger partial charge on any atom is -0.245 e. The van der Waals surface area contributed by atoms with Gasteiger partial charge in [-0.05, 0) is 28.0 Å². The van der Waals surface area contributed by atoms with Crippen molar-refractivity contribution in [2.75, 3.05) is 0 Å². The molecule has 4 heteroatoms. The van der Waals surface area contributed by atoms with Gasteiger partial charge in [-0.2, -0.15) is 0 Å². The molecule has 0 fully saturated rings. The van der Waals surface area contributed by atoms with Gasteiger partial charge in [-0.25, -0.2) is 9.97 Å². The van der Waals surface area contributed by atoms with E-state index in [0.717, 1.165) is 44.3 Å². The zero-order valence-corrected chi connectivity index (χ0v) is 23.4. The van der Waals surface area contributed by atoms with Crippen LogP contribution in [0.2, 0.25) is 0 Å². The van der Waals surface area contributed by atoms with Gasteiger partial charge in [-0.1, -0.05) is 151 Å². The molecule has 2 nitrogen and oxygen atoms in total. The number of aromatic nitrogens is 2. The molecule has 190 valence electrons. The lowest BCUT2D eigenvalue weighted by Gasteiger charge is -2.24. The molecule has 0 saturated carbocycles. The maximum Gasteiger partial charge on any atom is 0.0972 e. The second-order valence-corrected chi connectivity index (χ2v) is 14.2. The van der Waals surface area contributed by atoms with Crippen molar-refractivity contribution in [3.8, 4) is 22.5 Å². The molecule has 0 atom stereocenters. The fourth-order valence-electron chi connectivity index (χ4n) is 5.26. The third kappa shape index (κ3) is 4.34. The molecule has 0 unspecified atom stereocenters. The van der Waals surface area contributed by atoms with Crippen molar-refractivity contribution in [3.05, 3.63) is 152 Å². The van der Waals surface area contributed by atoms with E-state index in [1.807, 2.05) is 30.3 Å². The number of nitrogens with zero attached hydrogens (tertiary/aromatic N) is 2. The molecule has 0 saturated heterocycles. The summed E-state index contributed by atoms with van der Waals surface area (Å²) in [5, 5.41) is 5.72. The van der Waals surface area contributed by atoms with Gasteiger partial charge >= 0.3 is 0 Å². The number of hydrogen-bond donors (Lipinski definition) is 0. The zero-order chi connectivity index (χ0) is 26.9. The lowest BCUT2D eigenvalue weighted by molar-refractivity contribution is 1.37. The number of hydrogen-bond acceptors (Lipinski definition) is 3. The van der Waals surface area contributed by atoms with Crippen molar-refractivity contribution in [2.45, 2.75) is 0 Å². The smallest absolute Gasteiger partial charge is 0.0972 e. The molecule has 0 aliphatic carbocycles. The summed E-state index contributed by atoms with van der Waals surface area (Å²) in [7, 11) is 0. The number of fused-ring (bicyclic) bond motifs is 3. The molecular weight excluding hydrogens is 523 g/mol. The van der Waals surface area contributed by atoms with Crippen molar-refractivity contribution >= 4 is 55.6 Å². The minimum atomic E-state index is -2.19. The fourth-order valence-corrected chi connectivity index (χ4v) is 9.01. The summed E-state index contributed by atoms with van der Waals surface area (Å²) in [4.78, 5) is 10.2. The number of rotatable bonds is 5. The van der Waals surface area contributed by atoms with Crippen LogP contribution in [0.4, 0.5) is 0 Å². The molecule has 0 N–H and O–H groups in total. The maximum atomic E-state index is 6.52. The summed E-state index contributed by atoms with van der Waals surface area (Å²) in [6.07, 6.45) is 0.